The first-order valence-electron chi connectivity index (χ1n) is 3.75. The molecule has 1 aromatic carbocycles. The van der Waals surface area contributed by atoms with Crippen LogP contribution in [0.25, 0.3) is 0 Å². The zero-order valence-corrected chi connectivity index (χ0v) is 7.28. The number of carbonyl (C=O) groups is 1. The molecule has 0 heterocycles. The van der Waals surface area contributed by atoms with Crippen LogP contribution in [0.2, 0.25) is 0 Å². The highest BCUT2D eigenvalue weighted by Crippen LogP contribution is 2.14. The Labute approximate surface area is 75.9 Å². The Morgan fingerprint density at radius 2 is 2.31 bits per heavy atom. The minimum Gasteiger partial charge on any atom is -0.478 e. The molecule has 0 radical (unpaired) electrons. The van der Waals surface area contributed by atoms with E-state index in [4.69, 9.17) is 15.6 Å². The quantitative estimate of drug-likeness (QED) is 0.685. The molecule has 4 heteroatoms. The van der Waals surface area contributed by atoms with Crippen LogP contribution in [0.15, 0.2) is 18.2 Å². The van der Waals surface area contributed by atoms with Crippen molar-refractivity contribution in [2.24, 2.45) is 0 Å². The van der Waals surface area contributed by atoms with Crippen LogP contribution < -0.4 is 5.73 Å². The minimum absolute atomic E-state index is 0.192. The molecule has 0 unspecified atom stereocenters. The van der Waals surface area contributed by atoms with Crippen LogP contribution >= 0.6 is 0 Å². The second-order valence-corrected chi connectivity index (χ2v) is 2.65. The number of nitrogen functional groups attached to an aromatic ring is 1. The number of aromatic carboxylic acids is 1. The average Bonchev–Trinajstić information content (AvgIpc) is 2.08. The van der Waals surface area contributed by atoms with Gasteiger partial charge in [-0.15, -0.1) is 0 Å². The number of hydrogen-bond donors (Lipinski definition) is 2. The zero-order chi connectivity index (χ0) is 9.84. The second-order valence-electron chi connectivity index (χ2n) is 2.65. The van der Waals surface area contributed by atoms with Crippen molar-refractivity contribution < 1.29 is 14.6 Å². The van der Waals surface area contributed by atoms with Crippen LogP contribution in [-0.4, -0.2) is 18.2 Å². The predicted molar refractivity (Wildman–Crippen MR) is 48.5 cm³/mol. The molecule has 0 fully saturated rings. The number of nitrogens with two attached hydrogens (primary N) is 1. The normalized spacial score (nSPS) is 9.92. The van der Waals surface area contributed by atoms with Crippen molar-refractivity contribution in [3.8, 4) is 0 Å². The van der Waals surface area contributed by atoms with E-state index in [1.165, 1.54) is 12.1 Å². The molecule has 0 aliphatic heterocycles. The van der Waals surface area contributed by atoms with Crippen molar-refractivity contribution in [3.05, 3.63) is 29.3 Å². The van der Waals surface area contributed by atoms with Crippen molar-refractivity contribution >= 4 is 11.7 Å². The van der Waals surface area contributed by atoms with Gasteiger partial charge in [0.2, 0.25) is 0 Å². The SMILES string of the molecule is COCc1ccc(C(=O)O)cc1N. The van der Waals surface area contributed by atoms with E-state index in [0.29, 0.717) is 12.3 Å². The third kappa shape index (κ3) is 2.19. The lowest BCUT2D eigenvalue weighted by atomic mass is 10.1. The molecule has 0 atom stereocenters. The minimum atomic E-state index is -0.976. The van der Waals surface area contributed by atoms with Crippen molar-refractivity contribution in [2.75, 3.05) is 12.8 Å². The maximum atomic E-state index is 10.5. The molecular formula is C9H11NO3. The molecule has 3 N–H and O–H groups in total. The lowest BCUT2D eigenvalue weighted by molar-refractivity contribution is 0.0697. The number of carboxylic acids is 1. The van der Waals surface area contributed by atoms with Gasteiger partial charge in [0.05, 0.1) is 12.2 Å². The summed E-state index contributed by atoms with van der Waals surface area (Å²) in [5.74, 6) is -0.976. The van der Waals surface area contributed by atoms with Crippen LogP contribution in [0.5, 0.6) is 0 Å². The molecule has 70 valence electrons. The maximum Gasteiger partial charge on any atom is 0.335 e. The summed E-state index contributed by atoms with van der Waals surface area (Å²) in [6, 6.07) is 4.59. The number of benzene rings is 1. The van der Waals surface area contributed by atoms with Crippen molar-refractivity contribution in [1.82, 2.24) is 0 Å². The highest BCUT2D eigenvalue weighted by Gasteiger charge is 2.05. The predicted octanol–water partition coefficient (Wildman–Crippen LogP) is 1.11. The lowest BCUT2D eigenvalue weighted by Crippen LogP contribution is -2.01. The second kappa shape index (κ2) is 3.91. The summed E-state index contributed by atoms with van der Waals surface area (Å²) in [6.07, 6.45) is 0. The first-order valence-corrected chi connectivity index (χ1v) is 3.75. The number of anilines is 1. The summed E-state index contributed by atoms with van der Waals surface area (Å²) in [7, 11) is 1.56. The lowest BCUT2D eigenvalue weighted by Gasteiger charge is -2.04. The van der Waals surface area contributed by atoms with Crippen LogP contribution in [0.3, 0.4) is 0 Å². The van der Waals surface area contributed by atoms with Gasteiger partial charge in [0.15, 0.2) is 0 Å². The van der Waals surface area contributed by atoms with Gasteiger partial charge in [0, 0.05) is 18.4 Å². The van der Waals surface area contributed by atoms with Crippen molar-refractivity contribution in [2.45, 2.75) is 6.61 Å². The van der Waals surface area contributed by atoms with Crippen LogP contribution in [-0.2, 0) is 11.3 Å². The summed E-state index contributed by atoms with van der Waals surface area (Å²) < 4.78 is 4.88. The fraction of sp³-hybridized carbons (Fsp3) is 0.222. The number of rotatable bonds is 3. The molecule has 0 aliphatic rings. The van der Waals surface area contributed by atoms with E-state index in [1.807, 2.05) is 0 Å². The van der Waals surface area contributed by atoms with E-state index in [2.05, 4.69) is 0 Å². The smallest absolute Gasteiger partial charge is 0.335 e. The first kappa shape index (κ1) is 9.54. The van der Waals surface area contributed by atoms with E-state index in [9.17, 15) is 4.79 Å². The molecule has 0 aromatic heterocycles. The molecule has 13 heavy (non-hydrogen) atoms. The molecule has 0 saturated carbocycles. The van der Waals surface area contributed by atoms with Crippen molar-refractivity contribution in [3.63, 3.8) is 0 Å². The Balaban J connectivity index is 2.98. The molecule has 0 saturated heterocycles. The van der Waals surface area contributed by atoms with Gasteiger partial charge in [-0.3, -0.25) is 0 Å². The topological polar surface area (TPSA) is 72.5 Å². The summed E-state index contributed by atoms with van der Waals surface area (Å²) in [5.41, 5.74) is 7.04. The van der Waals surface area contributed by atoms with E-state index in [1.54, 1.807) is 13.2 Å². The number of ether oxygens (including phenoxy) is 1. The summed E-state index contributed by atoms with van der Waals surface area (Å²) in [5, 5.41) is 8.64. The Kier molecular flexibility index (Phi) is 2.87. The largest absolute Gasteiger partial charge is 0.478 e. The summed E-state index contributed by atoms with van der Waals surface area (Å²) in [4.78, 5) is 10.5. The Morgan fingerprint density at radius 3 is 2.77 bits per heavy atom. The first-order chi connectivity index (χ1) is 6.15. The van der Waals surface area contributed by atoms with Gasteiger partial charge in [-0.2, -0.15) is 0 Å². The third-order valence-corrected chi connectivity index (χ3v) is 1.69. The van der Waals surface area contributed by atoms with Gasteiger partial charge in [-0.1, -0.05) is 6.07 Å². The standard InChI is InChI=1S/C9H11NO3/c1-13-5-7-3-2-6(9(11)12)4-8(7)10/h2-4H,5,10H2,1H3,(H,11,12). The van der Waals surface area contributed by atoms with E-state index in [0.717, 1.165) is 5.56 Å². The molecule has 1 aromatic rings. The van der Waals surface area contributed by atoms with Gasteiger partial charge >= 0.3 is 5.97 Å². The highest BCUT2D eigenvalue weighted by molar-refractivity contribution is 5.88. The maximum absolute atomic E-state index is 10.5. The van der Waals surface area contributed by atoms with Crippen LogP contribution in [0, 0.1) is 0 Å². The molecule has 0 aliphatic carbocycles. The van der Waals surface area contributed by atoms with Crippen molar-refractivity contribution in [1.29, 1.82) is 0 Å². The molecule has 0 spiro atoms. The third-order valence-electron chi connectivity index (χ3n) is 1.69. The van der Waals surface area contributed by atoms with Gasteiger partial charge < -0.3 is 15.6 Å². The van der Waals surface area contributed by atoms with Gasteiger partial charge in [-0.05, 0) is 12.1 Å². The highest BCUT2D eigenvalue weighted by atomic mass is 16.5. The molecular weight excluding hydrogens is 170 g/mol. The van der Waals surface area contributed by atoms with Gasteiger partial charge in [0.25, 0.3) is 0 Å². The monoisotopic (exact) mass is 181 g/mol. The van der Waals surface area contributed by atoms with Gasteiger partial charge in [-0.25, -0.2) is 4.79 Å². The summed E-state index contributed by atoms with van der Waals surface area (Å²) in [6.45, 7) is 0.395. The molecule has 0 amide bonds. The number of carboxylic acid groups (broad SMARTS) is 1. The summed E-state index contributed by atoms with van der Waals surface area (Å²) >= 11 is 0. The zero-order valence-electron chi connectivity index (χ0n) is 7.28. The fourth-order valence-corrected chi connectivity index (χ4v) is 1.01. The molecule has 0 bridgehead atoms. The van der Waals surface area contributed by atoms with E-state index >= 15 is 0 Å². The van der Waals surface area contributed by atoms with Crippen LogP contribution in [0.1, 0.15) is 15.9 Å². The van der Waals surface area contributed by atoms with Gasteiger partial charge in [0.1, 0.15) is 0 Å². The fourth-order valence-electron chi connectivity index (χ4n) is 1.01. The average molecular weight is 181 g/mol. The Morgan fingerprint density at radius 1 is 1.62 bits per heavy atom. The van der Waals surface area contributed by atoms with E-state index < -0.39 is 5.97 Å². The molecule has 4 nitrogen and oxygen atoms in total. The van der Waals surface area contributed by atoms with Crippen LogP contribution in [0.4, 0.5) is 5.69 Å². The Hall–Kier alpha value is -1.55. The number of hydrogen-bond acceptors (Lipinski definition) is 3. The molecule has 1 rings (SSSR count). The Bertz CT molecular complexity index is 323. The van der Waals surface area contributed by atoms with E-state index in [-0.39, 0.29) is 5.56 Å². The number of methoxy groups -OCH3 is 1.